The summed E-state index contributed by atoms with van der Waals surface area (Å²) in [6.45, 7) is 0. The van der Waals surface area contributed by atoms with Gasteiger partial charge in [0, 0.05) is 64.3 Å². The lowest BCUT2D eigenvalue weighted by atomic mass is 9.99. The summed E-state index contributed by atoms with van der Waals surface area (Å²) < 4.78 is 15.2. The van der Waals surface area contributed by atoms with E-state index in [0.717, 1.165) is 83.2 Å². The van der Waals surface area contributed by atoms with E-state index in [1.807, 2.05) is 35.6 Å². The standard InChI is InChI=1S/C54H33NO2S/c1-5-20-50-43(14-1)46-18-9-17-42(54(46)57-50)34-22-26-39(27-23-34)55(40-12-7-10-35(30-40)37-24-28-51-47(32-37)44-15-2-4-19-49(44)56-51)41-13-8-11-36(31-41)38-25-29-53-48(33-38)45-16-3-6-21-52(45)58-53/h1-33H. The number of rotatable bonds is 6. The third-order valence-electron chi connectivity index (χ3n) is 11.5. The number of hydrogen-bond donors (Lipinski definition) is 0. The van der Waals surface area contributed by atoms with Gasteiger partial charge in [0.2, 0.25) is 0 Å². The maximum Gasteiger partial charge on any atom is 0.143 e. The summed E-state index contributed by atoms with van der Waals surface area (Å²) in [5.41, 5.74) is 13.6. The number of para-hydroxylation sites is 3. The molecule has 3 aromatic heterocycles. The summed E-state index contributed by atoms with van der Waals surface area (Å²) in [5.74, 6) is 0. The van der Waals surface area contributed by atoms with E-state index in [0.29, 0.717) is 0 Å². The molecule has 0 aliphatic carbocycles. The highest BCUT2D eigenvalue weighted by molar-refractivity contribution is 7.25. The van der Waals surface area contributed by atoms with Crippen molar-refractivity contribution in [2.45, 2.75) is 0 Å². The first-order chi connectivity index (χ1) is 28.7. The van der Waals surface area contributed by atoms with Crippen LogP contribution >= 0.6 is 11.3 Å². The smallest absolute Gasteiger partial charge is 0.143 e. The first-order valence-electron chi connectivity index (χ1n) is 19.6. The predicted molar refractivity (Wildman–Crippen MR) is 245 cm³/mol. The first kappa shape index (κ1) is 32.8. The summed E-state index contributed by atoms with van der Waals surface area (Å²) in [6.07, 6.45) is 0. The van der Waals surface area contributed by atoms with Crippen LogP contribution in [0.25, 0.3) is 97.4 Å². The van der Waals surface area contributed by atoms with E-state index in [-0.39, 0.29) is 0 Å². The largest absolute Gasteiger partial charge is 0.456 e. The molecular formula is C54H33NO2S. The SMILES string of the molecule is c1cc(-c2ccc3oc4ccccc4c3c2)cc(N(c2ccc(-c3cccc4c3oc3ccccc34)cc2)c2cccc(-c3ccc4sc5ccccc5c4c3)c2)c1. The van der Waals surface area contributed by atoms with E-state index in [4.69, 9.17) is 8.83 Å². The third kappa shape index (κ3) is 5.34. The van der Waals surface area contributed by atoms with E-state index >= 15 is 0 Å². The van der Waals surface area contributed by atoms with E-state index in [1.54, 1.807) is 0 Å². The fraction of sp³-hybridized carbons (Fsp3) is 0. The fourth-order valence-electron chi connectivity index (χ4n) is 8.67. The van der Waals surface area contributed by atoms with E-state index in [9.17, 15) is 0 Å². The Bertz CT molecular complexity index is 3380. The molecule has 0 radical (unpaired) electrons. The van der Waals surface area contributed by atoms with Gasteiger partial charge in [0.1, 0.15) is 22.3 Å². The summed E-state index contributed by atoms with van der Waals surface area (Å²) >= 11 is 1.85. The van der Waals surface area contributed by atoms with Crippen LogP contribution in [0, 0.1) is 0 Å². The van der Waals surface area contributed by atoms with Crippen LogP contribution in [0.4, 0.5) is 17.1 Å². The van der Waals surface area contributed by atoms with Gasteiger partial charge in [-0.05, 0) is 107 Å². The average Bonchev–Trinajstić information content (AvgIpc) is 3.98. The number of furan rings is 2. The predicted octanol–water partition coefficient (Wildman–Crippen LogP) is 16.3. The monoisotopic (exact) mass is 759 g/mol. The second-order valence-corrected chi connectivity index (χ2v) is 16.0. The lowest BCUT2D eigenvalue weighted by molar-refractivity contribution is 0.669. The van der Waals surface area contributed by atoms with Crippen molar-refractivity contribution in [2.75, 3.05) is 4.90 Å². The molecule has 0 saturated carbocycles. The van der Waals surface area contributed by atoms with Gasteiger partial charge in [0.25, 0.3) is 0 Å². The van der Waals surface area contributed by atoms with Gasteiger partial charge in [-0.3, -0.25) is 0 Å². The summed E-state index contributed by atoms with van der Waals surface area (Å²) in [6, 6.07) is 71.6. The van der Waals surface area contributed by atoms with E-state index in [1.165, 1.54) is 31.3 Å². The molecular weight excluding hydrogens is 727 g/mol. The van der Waals surface area contributed by atoms with Gasteiger partial charge in [0.05, 0.1) is 0 Å². The van der Waals surface area contributed by atoms with Gasteiger partial charge in [-0.15, -0.1) is 11.3 Å². The Hall–Kier alpha value is -7.40. The van der Waals surface area contributed by atoms with Crippen molar-refractivity contribution in [1.82, 2.24) is 0 Å². The maximum absolute atomic E-state index is 6.44. The molecule has 0 saturated heterocycles. The molecule has 12 rings (SSSR count). The molecule has 0 N–H and O–H groups in total. The molecule has 0 unspecified atom stereocenters. The molecule has 58 heavy (non-hydrogen) atoms. The van der Waals surface area contributed by atoms with Gasteiger partial charge in [-0.25, -0.2) is 0 Å². The van der Waals surface area contributed by atoms with Crippen LogP contribution in [-0.2, 0) is 0 Å². The van der Waals surface area contributed by atoms with Crippen LogP contribution in [-0.4, -0.2) is 0 Å². The Morgan fingerprint density at radius 2 is 0.845 bits per heavy atom. The highest BCUT2D eigenvalue weighted by Crippen LogP contribution is 2.42. The zero-order chi connectivity index (χ0) is 38.2. The lowest BCUT2D eigenvalue weighted by Crippen LogP contribution is -2.10. The van der Waals surface area contributed by atoms with Gasteiger partial charge in [-0.1, -0.05) is 121 Å². The van der Waals surface area contributed by atoms with Gasteiger partial charge in [0.15, 0.2) is 0 Å². The number of anilines is 3. The molecule has 3 heterocycles. The summed E-state index contributed by atoms with van der Waals surface area (Å²) in [5, 5.41) is 7.11. The first-order valence-corrected chi connectivity index (χ1v) is 20.4. The Kier molecular flexibility index (Phi) is 7.40. The third-order valence-corrected chi connectivity index (χ3v) is 12.6. The maximum atomic E-state index is 6.44. The van der Waals surface area contributed by atoms with Crippen LogP contribution < -0.4 is 4.90 Å². The summed E-state index contributed by atoms with van der Waals surface area (Å²) in [7, 11) is 0. The van der Waals surface area contributed by atoms with Crippen molar-refractivity contribution in [3.63, 3.8) is 0 Å². The number of thiophene rings is 1. The topological polar surface area (TPSA) is 29.5 Å². The molecule has 0 spiro atoms. The van der Waals surface area contributed by atoms with Crippen LogP contribution in [0.15, 0.2) is 209 Å². The lowest BCUT2D eigenvalue weighted by Gasteiger charge is -2.27. The molecule has 9 aromatic carbocycles. The van der Waals surface area contributed by atoms with Crippen molar-refractivity contribution < 1.29 is 8.83 Å². The second-order valence-electron chi connectivity index (χ2n) is 14.9. The summed E-state index contributed by atoms with van der Waals surface area (Å²) in [4.78, 5) is 2.36. The van der Waals surface area contributed by atoms with Gasteiger partial charge in [-0.2, -0.15) is 0 Å². The Labute approximate surface area is 338 Å². The highest BCUT2D eigenvalue weighted by atomic mass is 32.1. The van der Waals surface area contributed by atoms with Crippen molar-refractivity contribution in [3.8, 4) is 33.4 Å². The number of nitrogens with zero attached hydrogens (tertiary/aromatic N) is 1. The molecule has 0 bridgehead atoms. The molecule has 0 fully saturated rings. The van der Waals surface area contributed by atoms with Crippen LogP contribution in [0.1, 0.15) is 0 Å². The van der Waals surface area contributed by atoms with Crippen LogP contribution in [0.5, 0.6) is 0 Å². The number of hydrogen-bond acceptors (Lipinski definition) is 4. The average molecular weight is 760 g/mol. The molecule has 272 valence electrons. The Morgan fingerprint density at radius 3 is 1.60 bits per heavy atom. The second kappa shape index (κ2) is 13.1. The van der Waals surface area contributed by atoms with Crippen LogP contribution in [0.2, 0.25) is 0 Å². The fourth-order valence-corrected chi connectivity index (χ4v) is 9.76. The Morgan fingerprint density at radius 1 is 0.310 bits per heavy atom. The molecule has 12 aromatic rings. The van der Waals surface area contributed by atoms with Crippen molar-refractivity contribution >= 4 is 92.4 Å². The minimum Gasteiger partial charge on any atom is -0.456 e. The van der Waals surface area contributed by atoms with E-state index < -0.39 is 0 Å². The van der Waals surface area contributed by atoms with Crippen molar-refractivity contribution in [3.05, 3.63) is 200 Å². The quantitative estimate of drug-likeness (QED) is 0.169. The molecule has 3 nitrogen and oxygen atoms in total. The van der Waals surface area contributed by atoms with Crippen LogP contribution in [0.3, 0.4) is 0 Å². The normalized spacial score (nSPS) is 11.8. The highest BCUT2D eigenvalue weighted by Gasteiger charge is 2.18. The molecule has 4 heteroatoms. The van der Waals surface area contributed by atoms with Gasteiger partial charge >= 0.3 is 0 Å². The molecule has 0 atom stereocenters. The number of fused-ring (bicyclic) bond motifs is 9. The Balaban J connectivity index is 0.991. The molecule has 0 aliphatic heterocycles. The number of benzene rings is 9. The van der Waals surface area contributed by atoms with Gasteiger partial charge < -0.3 is 13.7 Å². The molecule has 0 aliphatic rings. The zero-order valence-corrected chi connectivity index (χ0v) is 32.0. The van der Waals surface area contributed by atoms with E-state index in [2.05, 4.69) is 181 Å². The minimum atomic E-state index is 0.895. The molecule has 0 amide bonds. The minimum absolute atomic E-state index is 0.895. The van der Waals surface area contributed by atoms with Crippen molar-refractivity contribution in [2.24, 2.45) is 0 Å². The van der Waals surface area contributed by atoms with Crippen molar-refractivity contribution in [1.29, 1.82) is 0 Å². The zero-order valence-electron chi connectivity index (χ0n) is 31.2.